The van der Waals surface area contributed by atoms with Gasteiger partial charge < -0.3 is 10.4 Å². The molecule has 0 aliphatic heterocycles. The minimum atomic E-state index is -0.370. The average molecular weight is 354 g/mol. The van der Waals surface area contributed by atoms with E-state index in [0.717, 1.165) is 9.13 Å². The number of pyridine rings is 1. The van der Waals surface area contributed by atoms with Crippen LogP contribution in [0.2, 0.25) is 0 Å². The molecular formula is C13H11IN2O2. The Labute approximate surface area is 118 Å². The van der Waals surface area contributed by atoms with Gasteiger partial charge >= 0.3 is 0 Å². The lowest BCUT2D eigenvalue weighted by Crippen LogP contribution is -2.13. The average Bonchev–Trinajstić information content (AvgIpc) is 2.35. The molecule has 0 saturated heterocycles. The van der Waals surface area contributed by atoms with E-state index in [-0.39, 0.29) is 17.2 Å². The molecule has 92 valence electrons. The minimum Gasteiger partial charge on any atom is -0.507 e. The summed E-state index contributed by atoms with van der Waals surface area (Å²) in [6.45, 7) is 1.86. The normalized spacial score (nSPS) is 10.1. The molecule has 2 rings (SSSR count). The lowest BCUT2D eigenvalue weighted by atomic mass is 10.1. The van der Waals surface area contributed by atoms with Crippen LogP contribution in [0.1, 0.15) is 15.9 Å². The van der Waals surface area contributed by atoms with Crippen LogP contribution in [0.3, 0.4) is 0 Å². The predicted molar refractivity (Wildman–Crippen MR) is 77.8 cm³/mol. The van der Waals surface area contributed by atoms with Gasteiger partial charge in [-0.2, -0.15) is 0 Å². The number of halogens is 1. The Bertz CT molecular complexity index is 582. The molecule has 18 heavy (non-hydrogen) atoms. The van der Waals surface area contributed by atoms with E-state index in [1.165, 1.54) is 6.07 Å². The number of aromatic nitrogens is 1. The van der Waals surface area contributed by atoms with E-state index in [9.17, 15) is 9.90 Å². The molecule has 1 aromatic carbocycles. The zero-order valence-electron chi connectivity index (χ0n) is 9.64. The number of phenols is 1. The Kier molecular flexibility index (Phi) is 3.81. The zero-order valence-corrected chi connectivity index (χ0v) is 11.8. The van der Waals surface area contributed by atoms with Crippen LogP contribution in [-0.4, -0.2) is 16.0 Å². The van der Waals surface area contributed by atoms with E-state index in [1.54, 1.807) is 24.4 Å². The fourth-order valence-corrected chi connectivity index (χ4v) is 1.78. The molecular weight excluding hydrogens is 343 g/mol. The largest absolute Gasteiger partial charge is 0.507 e. The van der Waals surface area contributed by atoms with Crippen LogP contribution in [0.4, 0.5) is 5.82 Å². The molecule has 0 fully saturated rings. The number of rotatable bonds is 2. The lowest BCUT2D eigenvalue weighted by molar-refractivity contribution is 0.102. The Balaban J connectivity index is 2.21. The van der Waals surface area contributed by atoms with Crippen molar-refractivity contribution < 1.29 is 9.90 Å². The van der Waals surface area contributed by atoms with Crippen LogP contribution in [-0.2, 0) is 0 Å². The summed E-state index contributed by atoms with van der Waals surface area (Å²) in [6.07, 6.45) is 1.66. The molecule has 5 heteroatoms. The van der Waals surface area contributed by atoms with Gasteiger partial charge in [0, 0.05) is 9.77 Å². The lowest BCUT2D eigenvalue weighted by Gasteiger charge is -2.07. The van der Waals surface area contributed by atoms with Gasteiger partial charge in [0.1, 0.15) is 11.6 Å². The highest BCUT2D eigenvalue weighted by Crippen LogP contribution is 2.19. The number of carbonyl (C=O) groups is 1. The standard InChI is InChI=1S/C13H11IN2O2/c1-8-2-4-11(17)10(6-8)13(18)16-12-5-3-9(14)7-15-12/h2-7,17H,1H3,(H,15,16,18). The van der Waals surface area contributed by atoms with Crippen molar-refractivity contribution in [2.75, 3.05) is 5.32 Å². The van der Waals surface area contributed by atoms with E-state index < -0.39 is 0 Å². The number of nitrogens with zero attached hydrogens (tertiary/aromatic N) is 1. The molecule has 0 aliphatic rings. The molecule has 1 aromatic heterocycles. The Hall–Kier alpha value is -1.63. The topological polar surface area (TPSA) is 62.2 Å². The van der Waals surface area contributed by atoms with Crippen molar-refractivity contribution in [3.05, 3.63) is 51.2 Å². The summed E-state index contributed by atoms with van der Waals surface area (Å²) in [5.41, 5.74) is 1.16. The maximum atomic E-state index is 12.0. The van der Waals surface area contributed by atoms with Crippen molar-refractivity contribution in [2.24, 2.45) is 0 Å². The summed E-state index contributed by atoms with van der Waals surface area (Å²) in [5.74, 6) is 0.0508. The van der Waals surface area contributed by atoms with Gasteiger partial charge in [-0.05, 0) is 53.8 Å². The van der Waals surface area contributed by atoms with Gasteiger partial charge in [0.05, 0.1) is 5.56 Å². The van der Waals surface area contributed by atoms with Gasteiger partial charge in [0.25, 0.3) is 5.91 Å². The van der Waals surface area contributed by atoms with Gasteiger partial charge in [-0.3, -0.25) is 4.79 Å². The molecule has 0 spiro atoms. The number of carbonyl (C=O) groups excluding carboxylic acids is 1. The third-order valence-electron chi connectivity index (χ3n) is 2.37. The Morgan fingerprint density at radius 2 is 2.11 bits per heavy atom. The van der Waals surface area contributed by atoms with E-state index >= 15 is 0 Å². The molecule has 0 saturated carbocycles. The summed E-state index contributed by atoms with van der Waals surface area (Å²) in [6, 6.07) is 8.45. The zero-order chi connectivity index (χ0) is 13.1. The third-order valence-corrected chi connectivity index (χ3v) is 3.00. The second-order valence-corrected chi connectivity index (χ2v) is 5.08. The number of benzene rings is 1. The number of aromatic hydroxyl groups is 1. The number of hydrogen-bond donors (Lipinski definition) is 2. The second kappa shape index (κ2) is 5.34. The van der Waals surface area contributed by atoms with Crippen LogP contribution in [0.15, 0.2) is 36.5 Å². The minimum absolute atomic E-state index is 0.0383. The SMILES string of the molecule is Cc1ccc(O)c(C(=O)Nc2ccc(I)cn2)c1. The number of anilines is 1. The highest BCUT2D eigenvalue weighted by Gasteiger charge is 2.11. The van der Waals surface area contributed by atoms with Crippen LogP contribution < -0.4 is 5.32 Å². The van der Waals surface area contributed by atoms with Crippen molar-refractivity contribution >= 4 is 34.3 Å². The summed E-state index contributed by atoms with van der Waals surface area (Å²) >= 11 is 2.14. The molecule has 0 bridgehead atoms. The first-order valence-electron chi connectivity index (χ1n) is 5.29. The summed E-state index contributed by atoms with van der Waals surface area (Å²) in [7, 11) is 0. The van der Waals surface area contributed by atoms with Crippen molar-refractivity contribution in [3.8, 4) is 5.75 Å². The Morgan fingerprint density at radius 1 is 1.33 bits per heavy atom. The molecule has 0 aliphatic carbocycles. The van der Waals surface area contributed by atoms with Gasteiger partial charge in [0.2, 0.25) is 0 Å². The summed E-state index contributed by atoms with van der Waals surface area (Å²) in [5, 5.41) is 12.3. The molecule has 0 atom stereocenters. The van der Waals surface area contributed by atoms with Crippen LogP contribution >= 0.6 is 22.6 Å². The number of amides is 1. The molecule has 2 aromatic rings. The molecule has 1 heterocycles. The maximum absolute atomic E-state index is 12.0. The van der Waals surface area contributed by atoms with Crippen molar-refractivity contribution in [3.63, 3.8) is 0 Å². The van der Waals surface area contributed by atoms with Crippen molar-refractivity contribution in [1.82, 2.24) is 4.98 Å². The van der Waals surface area contributed by atoms with E-state index in [2.05, 4.69) is 32.9 Å². The first-order valence-corrected chi connectivity index (χ1v) is 6.36. The first kappa shape index (κ1) is 12.8. The molecule has 1 amide bonds. The monoisotopic (exact) mass is 354 g/mol. The van der Waals surface area contributed by atoms with Crippen LogP contribution in [0.5, 0.6) is 5.75 Å². The van der Waals surface area contributed by atoms with Gasteiger partial charge in [-0.25, -0.2) is 4.98 Å². The van der Waals surface area contributed by atoms with E-state index in [4.69, 9.17) is 0 Å². The van der Waals surface area contributed by atoms with E-state index in [1.807, 2.05) is 13.0 Å². The fourth-order valence-electron chi connectivity index (χ4n) is 1.47. The number of hydrogen-bond acceptors (Lipinski definition) is 3. The quantitative estimate of drug-likeness (QED) is 0.816. The van der Waals surface area contributed by atoms with Gasteiger partial charge in [-0.15, -0.1) is 0 Å². The number of aryl methyl sites for hydroxylation is 1. The summed E-state index contributed by atoms with van der Waals surface area (Å²) < 4.78 is 0.990. The van der Waals surface area contributed by atoms with Gasteiger partial charge in [0.15, 0.2) is 0 Å². The van der Waals surface area contributed by atoms with Crippen molar-refractivity contribution in [1.29, 1.82) is 0 Å². The number of phenolic OH excluding ortho intramolecular Hbond substituents is 1. The highest BCUT2D eigenvalue weighted by molar-refractivity contribution is 14.1. The fraction of sp³-hybridized carbons (Fsp3) is 0.0769. The molecule has 2 N–H and O–H groups in total. The molecule has 4 nitrogen and oxygen atoms in total. The molecule has 0 radical (unpaired) electrons. The molecule has 0 unspecified atom stereocenters. The Morgan fingerprint density at radius 3 is 2.78 bits per heavy atom. The number of nitrogens with one attached hydrogen (secondary N) is 1. The smallest absolute Gasteiger partial charge is 0.260 e. The second-order valence-electron chi connectivity index (χ2n) is 3.84. The predicted octanol–water partition coefficient (Wildman–Crippen LogP) is 2.95. The van der Waals surface area contributed by atoms with E-state index in [0.29, 0.717) is 5.82 Å². The summed E-state index contributed by atoms with van der Waals surface area (Å²) in [4.78, 5) is 16.0. The highest BCUT2D eigenvalue weighted by atomic mass is 127. The third kappa shape index (κ3) is 2.98. The van der Waals surface area contributed by atoms with Gasteiger partial charge in [-0.1, -0.05) is 11.6 Å². The van der Waals surface area contributed by atoms with Crippen LogP contribution in [0.25, 0.3) is 0 Å². The van der Waals surface area contributed by atoms with Crippen LogP contribution in [0, 0.1) is 10.5 Å². The van der Waals surface area contributed by atoms with Crippen molar-refractivity contribution in [2.45, 2.75) is 6.92 Å². The first-order chi connectivity index (χ1) is 8.56. The maximum Gasteiger partial charge on any atom is 0.260 e.